The van der Waals surface area contributed by atoms with Crippen LogP contribution in [0, 0.1) is 5.41 Å². The number of nitrogen functional groups attached to an aromatic ring is 1. The number of halogens is 1. The van der Waals surface area contributed by atoms with Gasteiger partial charge in [-0.2, -0.15) is 0 Å². The number of aromatic nitrogens is 3. The van der Waals surface area contributed by atoms with Gasteiger partial charge in [0.25, 0.3) is 0 Å². The minimum atomic E-state index is -0.153. The van der Waals surface area contributed by atoms with Crippen LogP contribution in [-0.2, 0) is 12.0 Å². The molecule has 1 fully saturated rings. The van der Waals surface area contributed by atoms with Gasteiger partial charge < -0.3 is 16.5 Å². The van der Waals surface area contributed by atoms with Crippen LogP contribution in [0.3, 0.4) is 0 Å². The summed E-state index contributed by atoms with van der Waals surface area (Å²) in [5.74, 6) is 7.14. The molecule has 4 N–H and O–H groups in total. The molecule has 0 saturated heterocycles. The van der Waals surface area contributed by atoms with E-state index in [0.717, 1.165) is 53.1 Å². The highest BCUT2D eigenvalue weighted by Crippen LogP contribution is 2.62. The highest BCUT2D eigenvalue weighted by molar-refractivity contribution is 6.31. The Morgan fingerprint density at radius 3 is 2.73 bits per heavy atom. The molecule has 2 aliphatic rings. The van der Waals surface area contributed by atoms with Crippen molar-refractivity contribution in [2.24, 2.45) is 11.1 Å². The van der Waals surface area contributed by atoms with E-state index in [2.05, 4.69) is 36.0 Å². The van der Waals surface area contributed by atoms with Crippen LogP contribution >= 0.6 is 11.6 Å². The number of hydrogen-bond donors (Lipinski definition) is 2. The van der Waals surface area contributed by atoms with E-state index < -0.39 is 0 Å². The van der Waals surface area contributed by atoms with E-state index in [0.29, 0.717) is 18.1 Å². The van der Waals surface area contributed by atoms with E-state index in [1.54, 1.807) is 4.68 Å². The lowest BCUT2D eigenvalue weighted by Crippen LogP contribution is -2.31. The van der Waals surface area contributed by atoms with Gasteiger partial charge in [0.1, 0.15) is 5.82 Å². The second-order valence-electron chi connectivity index (χ2n) is 9.08. The summed E-state index contributed by atoms with van der Waals surface area (Å²) < 4.78 is 1.63. The highest BCUT2D eigenvalue weighted by atomic mass is 35.5. The number of benzene rings is 1. The fourth-order valence-corrected chi connectivity index (χ4v) is 5.64. The van der Waals surface area contributed by atoms with Gasteiger partial charge in [0.15, 0.2) is 0 Å². The van der Waals surface area contributed by atoms with E-state index in [1.807, 2.05) is 44.4 Å². The number of hydrogen-bond acceptors (Lipinski definition) is 5. The van der Waals surface area contributed by atoms with Crippen LogP contribution < -0.4 is 16.5 Å². The summed E-state index contributed by atoms with van der Waals surface area (Å²) in [5, 5.41) is 0.640. The van der Waals surface area contributed by atoms with Gasteiger partial charge >= 0.3 is 0 Å². The van der Waals surface area contributed by atoms with Gasteiger partial charge in [0.05, 0.1) is 29.5 Å². The molecular formula is C26H33ClN6. The third-order valence-electron chi connectivity index (χ3n) is 7.40. The van der Waals surface area contributed by atoms with E-state index in [9.17, 15) is 0 Å². The first-order chi connectivity index (χ1) is 15.8. The number of nitrogens with two attached hydrogens (primary N) is 2. The van der Waals surface area contributed by atoms with Crippen LogP contribution in [0.15, 0.2) is 61.1 Å². The molecule has 1 aromatic carbocycles. The molecule has 5 rings (SSSR count). The van der Waals surface area contributed by atoms with Crippen molar-refractivity contribution < 1.29 is 0 Å². The zero-order chi connectivity index (χ0) is 24.0. The van der Waals surface area contributed by atoms with Gasteiger partial charge in [-0.15, -0.1) is 0 Å². The molecule has 1 aliphatic carbocycles. The highest BCUT2D eigenvalue weighted by Gasteiger charge is 2.54. The molecule has 33 heavy (non-hydrogen) atoms. The smallest absolute Gasteiger partial charge is 0.148 e. The summed E-state index contributed by atoms with van der Waals surface area (Å²) in [6.45, 7) is 16.1. The standard InChI is InChI=1S/C24H27ClN6.C2H6/c1-15(11-26)23(3)7-8-24(14-23)16(2)30(21-12-28-9-6-18(21)24)13-22-29-19-10-17(25)4-5-20(19)31(22)27;1-2/h4-6,9-10,12H,1-2,7-8,11,13-14,26-27H2,3H3;1-2H3. The summed E-state index contributed by atoms with van der Waals surface area (Å²) in [6.07, 6.45) is 6.76. The average molecular weight is 465 g/mol. The van der Waals surface area contributed by atoms with Crippen LogP contribution in [0.4, 0.5) is 5.69 Å². The van der Waals surface area contributed by atoms with Crippen molar-refractivity contribution in [1.82, 2.24) is 14.6 Å². The first kappa shape index (κ1) is 23.3. The summed E-state index contributed by atoms with van der Waals surface area (Å²) >= 11 is 6.15. The van der Waals surface area contributed by atoms with Gasteiger partial charge in [0, 0.05) is 28.9 Å². The Morgan fingerprint density at radius 1 is 1.24 bits per heavy atom. The van der Waals surface area contributed by atoms with Crippen LogP contribution in [0.2, 0.25) is 5.02 Å². The second-order valence-corrected chi connectivity index (χ2v) is 9.52. The second kappa shape index (κ2) is 8.50. The summed E-state index contributed by atoms with van der Waals surface area (Å²) in [7, 11) is 0. The molecule has 2 unspecified atom stereocenters. The minimum absolute atomic E-state index is 0.00793. The van der Waals surface area contributed by atoms with E-state index in [-0.39, 0.29) is 10.8 Å². The average Bonchev–Trinajstić information content (AvgIpc) is 3.42. The van der Waals surface area contributed by atoms with Crippen LogP contribution in [-0.4, -0.2) is 21.2 Å². The SMILES string of the molecule is C=C(CN)C1(C)CCC2(C1)C(=C)N(Cc1nc3cc(Cl)ccc3n1N)c1cnccc12.CC. The molecule has 174 valence electrons. The van der Waals surface area contributed by atoms with E-state index in [4.69, 9.17) is 28.2 Å². The molecule has 0 radical (unpaired) electrons. The molecule has 2 aromatic heterocycles. The lowest BCUT2D eigenvalue weighted by Gasteiger charge is -2.32. The first-order valence-corrected chi connectivity index (χ1v) is 11.9. The van der Waals surface area contributed by atoms with Crippen molar-refractivity contribution in [2.45, 2.75) is 52.0 Å². The Labute approximate surface area is 200 Å². The Hall–Kier alpha value is -2.83. The molecule has 2 atom stereocenters. The summed E-state index contributed by atoms with van der Waals surface area (Å²) in [5.41, 5.74) is 11.9. The lowest BCUT2D eigenvalue weighted by molar-refractivity contribution is 0.381. The molecule has 1 spiro atoms. The van der Waals surface area contributed by atoms with Gasteiger partial charge in [-0.1, -0.05) is 51.1 Å². The minimum Gasteiger partial charge on any atom is -0.337 e. The zero-order valence-electron chi connectivity index (χ0n) is 19.7. The Bertz CT molecular complexity index is 1230. The number of anilines is 1. The first-order valence-electron chi connectivity index (χ1n) is 11.5. The number of fused-ring (bicyclic) bond motifs is 3. The Balaban J connectivity index is 0.00000126. The fourth-order valence-electron chi connectivity index (χ4n) is 5.48. The molecule has 6 nitrogen and oxygen atoms in total. The Kier molecular flexibility index (Phi) is 6.01. The van der Waals surface area contributed by atoms with Crippen molar-refractivity contribution in [1.29, 1.82) is 0 Å². The van der Waals surface area contributed by atoms with Crippen molar-refractivity contribution in [3.63, 3.8) is 0 Å². The van der Waals surface area contributed by atoms with Crippen molar-refractivity contribution >= 4 is 28.3 Å². The normalized spacial score (nSPS) is 23.7. The zero-order valence-corrected chi connectivity index (χ0v) is 20.5. The number of rotatable bonds is 4. The third kappa shape index (κ3) is 3.52. The molecular weight excluding hydrogens is 432 g/mol. The van der Waals surface area contributed by atoms with Gasteiger partial charge in [-0.3, -0.25) is 4.98 Å². The van der Waals surface area contributed by atoms with Crippen LogP contribution in [0.5, 0.6) is 0 Å². The quantitative estimate of drug-likeness (QED) is 0.404. The summed E-state index contributed by atoms with van der Waals surface area (Å²) in [4.78, 5) is 11.4. The van der Waals surface area contributed by atoms with Crippen LogP contribution in [0.1, 0.15) is 51.4 Å². The molecule has 3 aromatic rings. The maximum atomic E-state index is 6.39. The van der Waals surface area contributed by atoms with Gasteiger partial charge in [-0.25, -0.2) is 9.66 Å². The largest absolute Gasteiger partial charge is 0.337 e. The predicted octanol–water partition coefficient (Wildman–Crippen LogP) is 5.30. The monoisotopic (exact) mass is 464 g/mol. The van der Waals surface area contributed by atoms with Crippen molar-refractivity contribution in [2.75, 3.05) is 17.3 Å². The Morgan fingerprint density at radius 2 is 2.00 bits per heavy atom. The van der Waals surface area contributed by atoms with Crippen LogP contribution in [0.25, 0.3) is 11.0 Å². The molecule has 3 heterocycles. The fraction of sp³-hybridized carbons (Fsp3) is 0.385. The van der Waals surface area contributed by atoms with Gasteiger partial charge in [0.2, 0.25) is 0 Å². The van der Waals surface area contributed by atoms with Gasteiger partial charge in [-0.05, 0) is 54.5 Å². The molecule has 1 aliphatic heterocycles. The van der Waals surface area contributed by atoms with E-state index >= 15 is 0 Å². The molecule has 7 heteroatoms. The molecule has 0 amide bonds. The maximum absolute atomic E-state index is 6.39. The number of imidazole rings is 1. The number of nitrogens with zero attached hydrogens (tertiary/aromatic N) is 4. The summed E-state index contributed by atoms with van der Waals surface area (Å²) in [6, 6.07) is 7.68. The number of allylic oxidation sites excluding steroid dienone is 1. The number of pyridine rings is 1. The predicted molar refractivity (Wildman–Crippen MR) is 138 cm³/mol. The van der Waals surface area contributed by atoms with Crippen molar-refractivity contribution in [3.8, 4) is 0 Å². The topological polar surface area (TPSA) is 86.0 Å². The lowest BCUT2D eigenvalue weighted by atomic mass is 9.73. The maximum Gasteiger partial charge on any atom is 0.148 e. The third-order valence-corrected chi connectivity index (χ3v) is 7.64. The van der Waals surface area contributed by atoms with Crippen molar-refractivity contribution in [3.05, 3.63) is 77.5 Å². The molecule has 0 bridgehead atoms. The van der Waals surface area contributed by atoms with E-state index in [1.165, 1.54) is 5.56 Å². The molecule has 1 saturated carbocycles.